The molecule has 2 aromatic rings. The maximum Gasteiger partial charge on any atom is 0.309 e. The van der Waals surface area contributed by atoms with Crippen molar-refractivity contribution < 1.29 is 23.0 Å². The zero-order valence-electron chi connectivity index (χ0n) is 14.1. The van der Waals surface area contributed by atoms with Crippen LogP contribution in [-0.4, -0.2) is 12.6 Å². The molecule has 2 aromatic carbocycles. The Labute approximate surface area is 158 Å². The third-order valence-electron chi connectivity index (χ3n) is 5.18. The summed E-state index contributed by atoms with van der Waals surface area (Å²) >= 11 is 3.05. The molecule has 3 nitrogen and oxygen atoms in total. The average molecular weight is 423 g/mol. The molecule has 0 N–H and O–H groups in total. The number of carbonyl (C=O) groups is 1. The van der Waals surface area contributed by atoms with E-state index in [-0.39, 0.29) is 34.4 Å². The van der Waals surface area contributed by atoms with Crippen molar-refractivity contribution in [3.8, 4) is 5.75 Å². The van der Waals surface area contributed by atoms with E-state index in [9.17, 15) is 13.6 Å². The van der Waals surface area contributed by atoms with Gasteiger partial charge in [0.05, 0.1) is 22.6 Å². The summed E-state index contributed by atoms with van der Waals surface area (Å²) in [6, 6.07) is 8.17. The van der Waals surface area contributed by atoms with Crippen molar-refractivity contribution in [1.29, 1.82) is 0 Å². The molecule has 3 unspecified atom stereocenters. The van der Waals surface area contributed by atoms with Gasteiger partial charge in [0, 0.05) is 5.92 Å². The molecule has 1 saturated carbocycles. The molecule has 2 aliphatic rings. The molecule has 26 heavy (non-hydrogen) atoms. The highest BCUT2D eigenvalue weighted by Crippen LogP contribution is 2.62. The Kier molecular flexibility index (Phi) is 4.47. The Morgan fingerprint density at radius 2 is 2.08 bits per heavy atom. The summed E-state index contributed by atoms with van der Waals surface area (Å²) in [5, 5.41) is 0. The fraction of sp³-hybridized carbons (Fsp3) is 0.350. The maximum atomic E-state index is 14.0. The number of fused-ring (bicyclic) bond motifs is 3. The summed E-state index contributed by atoms with van der Waals surface area (Å²) in [7, 11) is 0. The minimum absolute atomic E-state index is 0.0286. The van der Waals surface area contributed by atoms with E-state index in [0.29, 0.717) is 18.3 Å². The Balaban J connectivity index is 1.46. The van der Waals surface area contributed by atoms with E-state index in [1.165, 1.54) is 12.1 Å². The van der Waals surface area contributed by atoms with Crippen LogP contribution >= 0.6 is 15.9 Å². The normalized spacial score (nSPS) is 22.5. The highest BCUT2D eigenvalue weighted by atomic mass is 79.9. The Morgan fingerprint density at radius 3 is 2.85 bits per heavy atom. The molecule has 0 heterocycles. The highest BCUT2D eigenvalue weighted by Gasteiger charge is 2.60. The number of ether oxygens (including phenoxy) is 2. The van der Waals surface area contributed by atoms with Gasteiger partial charge in [0.2, 0.25) is 0 Å². The monoisotopic (exact) mass is 422 g/mol. The Hall–Kier alpha value is -1.95. The molecule has 2 aliphatic carbocycles. The van der Waals surface area contributed by atoms with Gasteiger partial charge in [-0.25, -0.2) is 8.78 Å². The van der Waals surface area contributed by atoms with Gasteiger partial charge in [-0.2, -0.15) is 0 Å². The van der Waals surface area contributed by atoms with Gasteiger partial charge >= 0.3 is 5.97 Å². The smallest absolute Gasteiger partial charge is 0.309 e. The van der Waals surface area contributed by atoms with Crippen molar-refractivity contribution in [1.82, 2.24) is 0 Å². The van der Waals surface area contributed by atoms with Gasteiger partial charge in [-0.05, 0) is 70.6 Å². The molecule has 136 valence electrons. The Morgan fingerprint density at radius 1 is 1.27 bits per heavy atom. The van der Waals surface area contributed by atoms with Gasteiger partial charge in [-0.3, -0.25) is 4.79 Å². The quantitative estimate of drug-likeness (QED) is 0.514. The molecule has 0 amide bonds. The van der Waals surface area contributed by atoms with E-state index in [1.54, 1.807) is 6.07 Å². The standard InChI is InChI=1S/C20H17BrF2O3/c1-2-25-20(24)18-13-8-10-7-11(3-4-12(10)17(13)18)26-9-14-16(22)6-5-15(21)19(14)23/h3-7,13,17-18H,2,8-9H2,1H3. The minimum atomic E-state index is -0.648. The largest absolute Gasteiger partial charge is 0.489 e. The lowest BCUT2D eigenvalue weighted by Crippen LogP contribution is -2.11. The summed E-state index contributed by atoms with van der Waals surface area (Å²) in [5.41, 5.74) is 2.18. The van der Waals surface area contributed by atoms with E-state index in [2.05, 4.69) is 15.9 Å². The number of hydrogen-bond acceptors (Lipinski definition) is 3. The van der Waals surface area contributed by atoms with Gasteiger partial charge in [0.15, 0.2) is 0 Å². The van der Waals surface area contributed by atoms with Crippen LogP contribution in [0.3, 0.4) is 0 Å². The van der Waals surface area contributed by atoms with Crippen LogP contribution < -0.4 is 4.74 Å². The molecular formula is C20H17BrF2O3. The third kappa shape index (κ3) is 2.90. The van der Waals surface area contributed by atoms with Crippen molar-refractivity contribution in [2.45, 2.75) is 25.9 Å². The molecular weight excluding hydrogens is 406 g/mol. The second-order valence-corrected chi connectivity index (χ2v) is 7.50. The predicted octanol–water partition coefficient (Wildman–Crippen LogP) is 4.76. The van der Waals surface area contributed by atoms with Crippen molar-refractivity contribution in [3.05, 3.63) is 63.1 Å². The van der Waals surface area contributed by atoms with E-state index in [0.717, 1.165) is 17.5 Å². The lowest BCUT2D eigenvalue weighted by Gasteiger charge is -2.12. The molecule has 1 fully saturated rings. The van der Waals surface area contributed by atoms with Crippen LogP contribution in [-0.2, 0) is 22.6 Å². The van der Waals surface area contributed by atoms with Crippen LogP contribution in [0.5, 0.6) is 5.75 Å². The summed E-state index contributed by atoms with van der Waals surface area (Å²) in [4.78, 5) is 11.9. The van der Waals surface area contributed by atoms with E-state index in [1.807, 2.05) is 19.1 Å². The van der Waals surface area contributed by atoms with Gasteiger partial charge < -0.3 is 9.47 Å². The van der Waals surface area contributed by atoms with E-state index >= 15 is 0 Å². The molecule has 0 aliphatic heterocycles. The zero-order valence-corrected chi connectivity index (χ0v) is 15.7. The van der Waals surface area contributed by atoms with Crippen LogP contribution in [0.2, 0.25) is 0 Å². The van der Waals surface area contributed by atoms with Crippen LogP contribution in [0.25, 0.3) is 0 Å². The van der Waals surface area contributed by atoms with Gasteiger partial charge in [0.1, 0.15) is 24.0 Å². The first-order valence-electron chi connectivity index (χ1n) is 8.56. The summed E-state index contributed by atoms with van der Waals surface area (Å²) in [5.74, 6) is -0.322. The molecule has 0 radical (unpaired) electrons. The topological polar surface area (TPSA) is 35.5 Å². The summed E-state index contributed by atoms with van der Waals surface area (Å²) in [6.45, 7) is 2.02. The number of rotatable bonds is 5. The highest BCUT2D eigenvalue weighted by molar-refractivity contribution is 9.10. The maximum absolute atomic E-state index is 14.0. The average Bonchev–Trinajstić information content (AvgIpc) is 3.21. The number of esters is 1. The predicted molar refractivity (Wildman–Crippen MR) is 94.9 cm³/mol. The molecule has 4 rings (SSSR count). The summed E-state index contributed by atoms with van der Waals surface area (Å²) in [6.07, 6.45) is 0.806. The van der Waals surface area contributed by atoms with E-state index < -0.39 is 11.6 Å². The second kappa shape index (κ2) is 6.65. The fourth-order valence-electron chi connectivity index (χ4n) is 3.90. The van der Waals surface area contributed by atoms with Crippen LogP contribution in [0.4, 0.5) is 8.78 Å². The first kappa shape index (κ1) is 17.5. The first-order chi connectivity index (χ1) is 12.5. The van der Waals surface area contributed by atoms with Crippen molar-refractivity contribution in [2.24, 2.45) is 11.8 Å². The first-order valence-corrected chi connectivity index (χ1v) is 9.35. The molecule has 3 atom stereocenters. The summed E-state index contributed by atoms with van der Waals surface area (Å²) < 4.78 is 38.8. The number of benzene rings is 2. The zero-order chi connectivity index (χ0) is 18.4. The second-order valence-electron chi connectivity index (χ2n) is 6.64. The SMILES string of the molecule is CCOC(=O)C1C2Cc3cc(OCc4c(F)ccc(Br)c4F)ccc3C21. The lowest BCUT2D eigenvalue weighted by atomic mass is 10.0. The van der Waals surface area contributed by atoms with Crippen LogP contribution in [0.1, 0.15) is 29.5 Å². The van der Waals surface area contributed by atoms with Crippen molar-refractivity contribution in [3.63, 3.8) is 0 Å². The lowest BCUT2D eigenvalue weighted by molar-refractivity contribution is -0.145. The number of carbonyl (C=O) groups excluding carboxylic acids is 1. The van der Waals surface area contributed by atoms with E-state index in [4.69, 9.17) is 9.47 Å². The van der Waals surface area contributed by atoms with Gasteiger partial charge in [-0.15, -0.1) is 0 Å². The molecule has 0 spiro atoms. The molecule has 0 aromatic heterocycles. The van der Waals surface area contributed by atoms with Crippen LogP contribution in [0, 0.1) is 23.5 Å². The third-order valence-corrected chi connectivity index (χ3v) is 5.79. The van der Waals surface area contributed by atoms with Gasteiger partial charge in [0.25, 0.3) is 0 Å². The molecule has 0 saturated heterocycles. The minimum Gasteiger partial charge on any atom is -0.489 e. The molecule has 6 heteroatoms. The molecule has 0 bridgehead atoms. The van der Waals surface area contributed by atoms with Crippen molar-refractivity contribution in [2.75, 3.05) is 6.61 Å². The van der Waals surface area contributed by atoms with Gasteiger partial charge in [-0.1, -0.05) is 6.07 Å². The fourth-order valence-corrected chi connectivity index (χ4v) is 4.27. The van der Waals surface area contributed by atoms with Crippen molar-refractivity contribution >= 4 is 21.9 Å². The van der Waals surface area contributed by atoms with Crippen LogP contribution in [0.15, 0.2) is 34.8 Å². The number of hydrogen-bond donors (Lipinski definition) is 0. The number of halogens is 3. The Bertz CT molecular complexity index is 884.